The molecule has 0 atom stereocenters. The van der Waals surface area contributed by atoms with Crippen molar-refractivity contribution < 1.29 is 38.7 Å². The molecule has 0 radical (unpaired) electrons. The maximum absolute atomic E-state index is 11.8. The Kier molecular flexibility index (Phi) is 11.7. The first kappa shape index (κ1) is 37.8. The van der Waals surface area contributed by atoms with Gasteiger partial charge >= 0.3 is 11.9 Å². The van der Waals surface area contributed by atoms with Crippen LogP contribution in [-0.4, -0.2) is 35.4 Å². The number of para-hydroxylation sites is 6. The number of ether oxygens (including phenoxy) is 4. The molecule has 2 N–H and O–H groups in total. The van der Waals surface area contributed by atoms with Crippen LogP contribution in [0.5, 0.6) is 34.5 Å². The molecule has 0 saturated heterocycles. The quantitative estimate of drug-likeness (QED) is 0.105. The SMILES string of the molecule is CC(=O)Oc1ccccc1OCCc1c2cccc1Cc1cccc(c1O)Cc1cccc(c1CCOc1ccccc1OC(C)=O)Cc1cccc(c1O)C2. The van der Waals surface area contributed by atoms with Gasteiger partial charge in [0.2, 0.25) is 0 Å². The Balaban J connectivity index is 1.24. The van der Waals surface area contributed by atoms with E-state index in [4.69, 9.17) is 18.9 Å². The largest absolute Gasteiger partial charge is 0.507 e. The summed E-state index contributed by atoms with van der Waals surface area (Å²) in [5, 5.41) is 23.7. The third-order valence-electron chi connectivity index (χ3n) is 10.1. The lowest BCUT2D eigenvalue weighted by Gasteiger charge is -2.20. The van der Waals surface area contributed by atoms with Crippen LogP contribution in [0.4, 0.5) is 0 Å². The molecule has 0 aliphatic heterocycles. The molecule has 1 aliphatic rings. The van der Waals surface area contributed by atoms with Crippen molar-refractivity contribution >= 4 is 11.9 Å². The molecule has 6 aromatic rings. The molecule has 0 amide bonds. The molecule has 0 spiro atoms. The summed E-state index contributed by atoms with van der Waals surface area (Å²) >= 11 is 0. The van der Waals surface area contributed by atoms with Crippen LogP contribution in [0.25, 0.3) is 0 Å². The van der Waals surface area contributed by atoms with Gasteiger partial charge in [-0.25, -0.2) is 0 Å². The van der Waals surface area contributed by atoms with E-state index in [0.29, 0.717) is 74.7 Å². The van der Waals surface area contributed by atoms with Gasteiger partial charge < -0.3 is 29.2 Å². The van der Waals surface area contributed by atoms with Crippen molar-refractivity contribution in [2.45, 2.75) is 52.4 Å². The molecule has 284 valence electrons. The Bertz CT molecular complexity index is 2130. The van der Waals surface area contributed by atoms with Crippen LogP contribution in [0.15, 0.2) is 121 Å². The summed E-state index contributed by atoms with van der Waals surface area (Å²) in [5.74, 6) is 1.36. The van der Waals surface area contributed by atoms with E-state index >= 15 is 0 Å². The van der Waals surface area contributed by atoms with Gasteiger partial charge in [0, 0.05) is 52.4 Å². The fourth-order valence-electron chi connectivity index (χ4n) is 7.50. The van der Waals surface area contributed by atoms with Crippen molar-refractivity contribution in [3.05, 3.63) is 177 Å². The number of fused-ring (bicyclic) bond motifs is 8. The molecule has 1 aliphatic carbocycles. The lowest BCUT2D eigenvalue weighted by Crippen LogP contribution is -2.11. The second kappa shape index (κ2) is 17.3. The highest BCUT2D eigenvalue weighted by atomic mass is 16.6. The summed E-state index contributed by atoms with van der Waals surface area (Å²) in [5.41, 5.74) is 9.55. The van der Waals surface area contributed by atoms with Crippen molar-refractivity contribution in [2.75, 3.05) is 13.2 Å². The molecule has 0 heterocycles. The Hall–Kier alpha value is -6.54. The monoisotopic (exact) mass is 748 g/mol. The summed E-state index contributed by atoms with van der Waals surface area (Å²) in [7, 11) is 0. The molecule has 6 aromatic carbocycles. The average molecular weight is 749 g/mol. The normalized spacial score (nSPS) is 12.0. The van der Waals surface area contributed by atoms with Crippen LogP contribution in [0.1, 0.15) is 69.5 Å². The Labute approximate surface area is 326 Å². The summed E-state index contributed by atoms with van der Waals surface area (Å²) in [6.45, 7) is 3.35. The highest BCUT2D eigenvalue weighted by Crippen LogP contribution is 2.35. The molecule has 56 heavy (non-hydrogen) atoms. The van der Waals surface area contributed by atoms with Crippen LogP contribution < -0.4 is 18.9 Å². The van der Waals surface area contributed by atoms with Crippen LogP contribution in [0.2, 0.25) is 0 Å². The van der Waals surface area contributed by atoms with E-state index in [0.717, 1.165) is 55.6 Å². The minimum atomic E-state index is -0.422. The van der Waals surface area contributed by atoms with E-state index in [1.807, 2.05) is 60.7 Å². The molecule has 0 aromatic heterocycles. The van der Waals surface area contributed by atoms with Gasteiger partial charge in [-0.15, -0.1) is 0 Å². The molecule has 8 bridgehead atoms. The number of esters is 2. The summed E-state index contributed by atoms with van der Waals surface area (Å²) in [6.07, 6.45) is 3.04. The third-order valence-corrected chi connectivity index (χ3v) is 10.1. The number of aromatic hydroxyl groups is 2. The molecular formula is C48H44O8. The summed E-state index contributed by atoms with van der Waals surface area (Å²) in [4.78, 5) is 23.4. The van der Waals surface area contributed by atoms with Gasteiger partial charge in [0.1, 0.15) is 11.5 Å². The van der Waals surface area contributed by atoms with Gasteiger partial charge in [-0.2, -0.15) is 0 Å². The number of phenolic OH excluding ortho intramolecular Hbond substituents is 2. The summed E-state index contributed by atoms with van der Waals surface area (Å²) in [6, 6.07) is 38.4. The van der Waals surface area contributed by atoms with Crippen LogP contribution in [-0.2, 0) is 48.1 Å². The van der Waals surface area contributed by atoms with Crippen molar-refractivity contribution in [1.82, 2.24) is 0 Å². The predicted molar refractivity (Wildman–Crippen MR) is 214 cm³/mol. The van der Waals surface area contributed by atoms with E-state index < -0.39 is 11.9 Å². The number of hydrogen-bond donors (Lipinski definition) is 2. The Morgan fingerprint density at radius 2 is 0.714 bits per heavy atom. The lowest BCUT2D eigenvalue weighted by molar-refractivity contribution is -0.132. The first-order valence-electron chi connectivity index (χ1n) is 18.8. The Morgan fingerprint density at radius 3 is 1.02 bits per heavy atom. The highest BCUT2D eigenvalue weighted by molar-refractivity contribution is 5.71. The van der Waals surface area contributed by atoms with Gasteiger partial charge in [-0.1, -0.05) is 97.1 Å². The molecule has 0 fully saturated rings. The second-order valence-electron chi connectivity index (χ2n) is 13.9. The number of rotatable bonds is 10. The van der Waals surface area contributed by atoms with Gasteiger partial charge in [0.25, 0.3) is 0 Å². The van der Waals surface area contributed by atoms with Gasteiger partial charge in [-0.05, 0) is 79.9 Å². The molecule has 0 unspecified atom stereocenters. The molecule has 8 heteroatoms. The number of phenols is 2. The van der Waals surface area contributed by atoms with Crippen molar-refractivity contribution in [1.29, 1.82) is 0 Å². The fraction of sp³-hybridized carbons (Fsp3) is 0.208. The van der Waals surface area contributed by atoms with Crippen molar-refractivity contribution in [3.63, 3.8) is 0 Å². The highest BCUT2D eigenvalue weighted by Gasteiger charge is 2.20. The van der Waals surface area contributed by atoms with Crippen LogP contribution in [0.3, 0.4) is 0 Å². The first-order chi connectivity index (χ1) is 27.2. The molecule has 0 saturated carbocycles. The number of hydrogen-bond acceptors (Lipinski definition) is 8. The summed E-state index contributed by atoms with van der Waals surface area (Å²) < 4.78 is 23.1. The van der Waals surface area contributed by atoms with Crippen LogP contribution in [0, 0.1) is 0 Å². The van der Waals surface area contributed by atoms with Crippen molar-refractivity contribution in [2.24, 2.45) is 0 Å². The first-order valence-corrected chi connectivity index (χ1v) is 18.8. The topological polar surface area (TPSA) is 112 Å². The average Bonchev–Trinajstić information content (AvgIpc) is 3.17. The molecular weight excluding hydrogens is 705 g/mol. The van der Waals surface area contributed by atoms with Gasteiger partial charge in [0.05, 0.1) is 13.2 Å². The van der Waals surface area contributed by atoms with E-state index in [2.05, 4.69) is 24.3 Å². The fourth-order valence-corrected chi connectivity index (χ4v) is 7.50. The van der Waals surface area contributed by atoms with E-state index in [1.165, 1.54) is 13.8 Å². The molecule has 7 rings (SSSR count). The zero-order chi connectivity index (χ0) is 39.0. The maximum atomic E-state index is 11.8. The van der Waals surface area contributed by atoms with Gasteiger partial charge in [0.15, 0.2) is 23.0 Å². The number of carbonyl (C=O) groups excluding carboxylic acids is 2. The minimum Gasteiger partial charge on any atom is -0.507 e. The zero-order valence-corrected chi connectivity index (χ0v) is 31.5. The number of carbonyl (C=O) groups is 2. The molecule has 8 nitrogen and oxygen atoms in total. The number of benzene rings is 6. The predicted octanol–water partition coefficient (Wildman–Crippen LogP) is 8.87. The zero-order valence-electron chi connectivity index (χ0n) is 31.5. The second-order valence-corrected chi connectivity index (χ2v) is 13.9. The van der Waals surface area contributed by atoms with E-state index in [9.17, 15) is 19.8 Å². The van der Waals surface area contributed by atoms with Gasteiger partial charge in [-0.3, -0.25) is 9.59 Å². The van der Waals surface area contributed by atoms with Crippen molar-refractivity contribution in [3.8, 4) is 34.5 Å². The maximum Gasteiger partial charge on any atom is 0.308 e. The van der Waals surface area contributed by atoms with E-state index in [-0.39, 0.29) is 11.5 Å². The lowest BCUT2D eigenvalue weighted by atomic mass is 9.86. The minimum absolute atomic E-state index is 0.258. The standard InChI is InChI=1S/C48H44O8/c1-31(49)55-45-21-5-3-19-43(45)53-25-23-41-33-11-7-12-34(41)28-38-16-10-18-40(48(38)52)30-36-14-8-13-35(29-39-17-9-15-37(27-33)47(39)51)42(36)24-26-54-44-20-4-6-22-46(44)56-32(2)50/h3-22,51-52H,23-30H2,1-2H3. The Morgan fingerprint density at radius 1 is 0.429 bits per heavy atom. The smallest absolute Gasteiger partial charge is 0.308 e. The van der Waals surface area contributed by atoms with Crippen LogP contribution >= 0.6 is 0 Å². The third kappa shape index (κ3) is 8.87. The van der Waals surface area contributed by atoms with E-state index in [1.54, 1.807) is 36.4 Å².